The molecule has 0 aliphatic rings. The van der Waals surface area contributed by atoms with Crippen LogP contribution in [0.25, 0.3) is 0 Å². The predicted octanol–water partition coefficient (Wildman–Crippen LogP) is 1.84. The monoisotopic (exact) mass is 231 g/mol. The normalized spacial score (nSPS) is 12.4. The topological polar surface area (TPSA) is 49.8 Å². The second-order valence-corrected chi connectivity index (χ2v) is 5.48. The van der Waals surface area contributed by atoms with Crippen LogP contribution in [-0.4, -0.2) is 47.8 Å². The van der Waals surface area contributed by atoms with E-state index in [0.29, 0.717) is 19.1 Å². The average molecular weight is 231 g/mol. The minimum absolute atomic E-state index is 0.0890. The van der Waals surface area contributed by atoms with E-state index in [9.17, 15) is 4.79 Å². The standard InChI is InChI=1S/C12H25NO3/c1-10(2)8-13(9-11(14)15)6-7-16-12(3,4)5/h10H,6-9H2,1-5H3,(H,14,15). The lowest BCUT2D eigenvalue weighted by Gasteiger charge is -2.25. The van der Waals surface area contributed by atoms with Crippen molar-refractivity contribution in [3.63, 3.8) is 0 Å². The molecule has 16 heavy (non-hydrogen) atoms. The van der Waals surface area contributed by atoms with Gasteiger partial charge >= 0.3 is 5.97 Å². The summed E-state index contributed by atoms with van der Waals surface area (Å²) in [6.45, 7) is 12.3. The van der Waals surface area contributed by atoms with Crippen LogP contribution in [-0.2, 0) is 9.53 Å². The molecule has 96 valence electrons. The lowest BCUT2D eigenvalue weighted by atomic mass is 10.2. The first-order valence-corrected chi connectivity index (χ1v) is 5.79. The number of ether oxygens (including phenoxy) is 1. The summed E-state index contributed by atoms with van der Waals surface area (Å²) < 4.78 is 5.59. The van der Waals surface area contributed by atoms with Crippen LogP contribution in [0, 0.1) is 5.92 Å². The fourth-order valence-corrected chi connectivity index (χ4v) is 1.42. The van der Waals surface area contributed by atoms with Crippen LogP contribution >= 0.6 is 0 Å². The lowest BCUT2D eigenvalue weighted by Crippen LogP contribution is -2.37. The molecule has 4 nitrogen and oxygen atoms in total. The molecule has 4 heteroatoms. The van der Waals surface area contributed by atoms with Crippen molar-refractivity contribution in [3.8, 4) is 0 Å². The van der Waals surface area contributed by atoms with E-state index in [1.54, 1.807) is 0 Å². The quantitative estimate of drug-likeness (QED) is 0.726. The molecule has 0 aliphatic heterocycles. The van der Waals surface area contributed by atoms with Gasteiger partial charge in [0, 0.05) is 13.1 Å². The predicted molar refractivity (Wildman–Crippen MR) is 64.6 cm³/mol. The van der Waals surface area contributed by atoms with Crippen molar-refractivity contribution in [1.29, 1.82) is 0 Å². The van der Waals surface area contributed by atoms with Crippen molar-refractivity contribution in [2.45, 2.75) is 40.2 Å². The second kappa shape index (κ2) is 6.86. The summed E-state index contributed by atoms with van der Waals surface area (Å²) >= 11 is 0. The van der Waals surface area contributed by atoms with E-state index < -0.39 is 5.97 Å². The molecule has 0 aromatic rings. The van der Waals surface area contributed by atoms with Crippen LogP contribution in [0.3, 0.4) is 0 Å². The fraction of sp³-hybridized carbons (Fsp3) is 0.917. The van der Waals surface area contributed by atoms with Crippen molar-refractivity contribution < 1.29 is 14.6 Å². The Hall–Kier alpha value is -0.610. The van der Waals surface area contributed by atoms with E-state index in [-0.39, 0.29) is 12.1 Å². The Labute approximate surface area is 98.6 Å². The molecule has 0 rings (SSSR count). The van der Waals surface area contributed by atoms with Crippen molar-refractivity contribution in [2.24, 2.45) is 5.92 Å². The maximum Gasteiger partial charge on any atom is 0.317 e. The SMILES string of the molecule is CC(C)CN(CCOC(C)(C)C)CC(=O)O. The summed E-state index contributed by atoms with van der Waals surface area (Å²) in [5, 5.41) is 8.77. The zero-order chi connectivity index (χ0) is 12.8. The Kier molecular flexibility index (Phi) is 6.60. The molecular formula is C12H25NO3. The highest BCUT2D eigenvalue weighted by molar-refractivity contribution is 5.69. The number of nitrogens with zero attached hydrogens (tertiary/aromatic N) is 1. The van der Waals surface area contributed by atoms with Gasteiger partial charge in [0.2, 0.25) is 0 Å². The second-order valence-electron chi connectivity index (χ2n) is 5.48. The van der Waals surface area contributed by atoms with Gasteiger partial charge in [-0.25, -0.2) is 0 Å². The summed E-state index contributed by atoms with van der Waals surface area (Å²) in [4.78, 5) is 12.6. The maximum absolute atomic E-state index is 10.7. The first-order chi connectivity index (χ1) is 7.20. The van der Waals surface area contributed by atoms with Crippen LogP contribution in [0.15, 0.2) is 0 Å². The first-order valence-electron chi connectivity index (χ1n) is 5.79. The molecule has 0 spiro atoms. The Balaban J connectivity index is 3.96. The molecule has 0 bridgehead atoms. The van der Waals surface area contributed by atoms with E-state index in [1.165, 1.54) is 0 Å². The Morgan fingerprint density at radius 3 is 2.31 bits per heavy atom. The third-order valence-corrected chi connectivity index (χ3v) is 1.92. The molecule has 0 atom stereocenters. The van der Waals surface area contributed by atoms with Crippen molar-refractivity contribution in [3.05, 3.63) is 0 Å². The van der Waals surface area contributed by atoms with E-state index in [4.69, 9.17) is 9.84 Å². The van der Waals surface area contributed by atoms with Gasteiger partial charge in [-0.05, 0) is 26.7 Å². The summed E-state index contributed by atoms with van der Waals surface area (Å²) in [5.74, 6) is -0.314. The third kappa shape index (κ3) is 9.93. The van der Waals surface area contributed by atoms with Gasteiger partial charge in [-0.3, -0.25) is 9.69 Å². The van der Waals surface area contributed by atoms with Gasteiger partial charge in [0.15, 0.2) is 0 Å². The summed E-state index contributed by atoms with van der Waals surface area (Å²) in [5.41, 5.74) is -0.160. The Morgan fingerprint density at radius 1 is 1.38 bits per heavy atom. The van der Waals surface area contributed by atoms with Crippen LogP contribution in [0.1, 0.15) is 34.6 Å². The van der Waals surface area contributed by atoms with Gasteiger partial charge in [-0.1, -0.05) is 13.8 Å². The number of hydrogen-bond donors (Lipinski definition) is 1. The number of carboxylic acids is 1. The third-order valence-electron chi connectivity index (χ3n) is 1.92. The molecular weight excluding hydrogens is 206 g/mol. The van der Waals surface area contributed by atoms with Crippen LogP contribution in [0.4, 0.5) is 0 Å². The van der Waals surface area contributed by atoms with Crippen molar-refractivity contribution >= 4 is 5.97 Å². The number of carboxylic acid groups (broad SMARTS) is 1. The van der Waals surface area contributed by atoms with Gasteiger partial charge < -0.3 is 9.84 Å². The molecule has 1 N–H and O–H groups in total. The molecule has 0 amide bonds. The Bertz CT molecular complexity index is 209. The van der Waals surface area contributed by atoms with E-state index >= 15 is 0 Å². The van der Waals surface area contributed by atoms with Crippen molar-refractivity contribution in [1.82, 2.24) is 4.90 Å². The molecule has 0 aliphatic carbocycles. The lowest BCUT2D eigenvalue weighted by molar-refractivity contribution is -0.138. The zero-order valence-electron chi connectivity index (χ0n) is 11.1. The average Bonchev–Trinajstić information content (AvgIpc) is 1.98. The number of hydrogen-bond acceptors (Lipinski definition) is 3. The summed E-state index contributed by atoms with van der Waals surface area (Å²) in [7, 11) is 0. The molecule has 0 saturated heterocycles. The van der Waals surface area contributed by atoms with Gasteiger partial charge in [-0.2, -0.15) is 0 Å². The minimum atomic E-state index is -0.781. The minimum Gasteiger partial charge on any atom is -0.480 e. The van der Waals surface area contributed by atoms with Gasteiger partial charge in [0.05, 0.1) is 18.8 Å². The first kappa shape index (κ1) is 15.4. The molecule has 0 aromatic heterocycles. The molecule has 0 aromatic carbocycles. The van der Waals surface area contributed by atoms with Crippen molar-refractivity contribution in [2.75, 3.05) is 26.2 Å². The van der Waals surface area contributed by atoms with E-state index in [2.05, 4.69) is 13.8 Å². The summed E-state index contributed by atoms with van der Waals surface area (Å²) in [6, 6.07) is 0. The van der Waals surface area contributed by atoms with Crippen LogP contribution in [0.2, 0.25) is 0 Å². The van der Waals surface area contributed by atoms with Crippen LogP contribution < -0.4 is 0 Å². The van der Waals surface area contributed by atoms with Gasteiger partial charge in [-0.15, -0.1) is 0 Å². The number of carbonyl (C=O) groups is 1. The molecule has 0 unspecified atom stereocenters. The van der Waals surface area contributed by atoms with Gasteiger partial charge in [0.1, 0.15) is 0 Å². The molecule has 0 saturated carbocycles. The van der Waals surface area contributed by atoms with E-state index in [0.717, 1.165) is 6.54 Å². The highest BCUT2D eigenvalue weighted by Gasteiger charge is 2.14. The molecule has 0 fully saturated rings. The molecule has 0 heterocycles. The number of rotatable bonds is 7. The Morgan fingerprint density at radius 2 is 1.94 bits per heavy atom. The largest absolute Gasteiger partial charge is 0.480 e. The van der Waals surface area contributed by atoms with Crippen LogP contribution in [0.5, 0.6) is 0 Å². The fourth-order valence-electron chi connectivity index (χ4n) is 1.42. The van der Waals surface area contributed by atoms with Gasteiger partial charge in [0.25, 0.3) is 0 Å². The molecule has 0 radical (unpaired) electrons. The summed E-state index contributed by atoms with van der Waals surface area (Å²) in [6.07, 6.45) is 0. The zero-order valence-corrected chi connectivity index (χ0v) is 11.1. The smallest absolute Gasteiger partial charge is 0.317 e. The highest BCUT2D eigenvalue weighted by atomic mass is 16.5. The number of aliphatic carboxylic acids is 1. The highest BCUT2D eigenvalue weighted by Crippen LogP contribution is 2.07. The maximum atomic E-state index is 10.7. The van der Waals surface area contributed by atoms with E-state index in [1.807, 2.05) is 25.7 Å².